The lowest BCUT2D eigenvalue weighted by atomic mass is 10.2. The van der Waals surface area contributed by atoms with Crippen molar-refractivity contribution in [2.45, 2.75) is 13.5 Å². The zero-order chi connectivity index (χ0) is 14.0. The standard InChI is InChI=1S/C13H13ClN2O3/c1-9-6-7-10(19-9)8-15(2)12-5-3-4-11(14)13(12)16(17)18/h3-7H,8H2,1-2H3. The first kappa shape index (κ1) is 13.4. The maximum absolute atomic E-state index is 11.1. The number of nitrogens with zero attached hydrogens (tertiary/aromatic N) is 2. The molecule has 0 bridgehead atoms. The third-order valence-corrected chi connectivity index (χ3v) is 3.05. The normalized spacial score (nSPS) is 10.5. The monoisotopic (exact) mass is 280 g/mol. The first-order valence-corrected chi connectivity index (χ1v) is 6.06. The predicted octanol–water partition coefficient (Wildman–Crippen LogP) is 3.79. The molecule has 5 nitrogen and oxygen atoms in total. The van der Waals surface area contributed by atoms with Crippen LogP contribution in [0.4, 0.5) is 11.4 Å². The van der Waals surface area contributed by atoms with Crippen molar-refractivity contribution in [1.29, 1.82) is 0 Å². The van der Waals surface area contributed by atoms with Crippen LogP contribution < -0.4 is 4.90 Å². The fraction of sp³-hybridized carbons (Fsp3) is 0.231. The lowest BCUT2D eigenvalue weighted by Crippen LogP contribution is -2.17. The Labute approximate surface area is 115 Å². The van der Waals surface area contributed by atoms with Crippen molar-refractivity contribution in [2.75, 3.05) is 11.9 Å². The molecule has 100 valence electrons. The minimum Gasteiger partial charge on any atom is -0.464 e. The van der Waals surface area contributed by atoms with Gasteiger partial charge in [0.2, 0.25) is 0 Å². The lowest BCUT2D eigenvalue weighted by molar-refractivity contribution is -0.384. The number of nitro groups is 1. The molecule has 0 aliphatic rings. The van der Waals surface area contributed by atoms with Crippen molar-refractivity contribution in [2.24, 2.45) is 0 Å². The molecule has 6 heteroatoms. The summed E-state index contributed by atoms with van der Waals surface area (Å²) in [7, 11) is 1.76. The van der Waals surface area contributed by atoms with Gasteiger partial charge in [0.25, 0.3) is 0 Å². The average Bonchev–Trinajstić information content (AvgIpc) is 2.73. The number of hydrogen-bond donors (Lipinski definition) is 0. The largest absolute Gasteiger partial charge is 0.464 e. The van der Waals surface area contributed by atoms with Crippen LogP contribution in [0.5, 0.6) is 0 Å². The fourth-order valence-electron chi connectivity index (χ4n) is 1.88. The second-order valence-electron chi connectivity index (χ2n) is 4.23. The summed E-state index contributed by atoms with van der Waals surface area (Å²) in [6, 6.07) is 8.57. The van der Waals surface area contributed by atoms with Gasteiger partial charge in [-0.05, 0) is 31.2 Å². The quantitative estimate of drug-likeness (QED) is 0.631. The van der Waals surface area contributed by atoms with Crippen molar-refractivity contribution in [1.82, 2.24) is 0 Å². The Kier molecular flexibility index (Phi) is 3.76. The van der Waals surface area contributed by atoms with Crippen LogP contribution in [0.1, 0.15) is 11.5 Å². The first-order valence-electron chi connectivity index (χ1n) is 5.68. The van der Waals surface area contributed by atoms with Gasteiger partial charge in [-0.1, -0.05) is 17.7 Å². The second kappa shape index (κ2) is 5.32. The van der Waals surface area contributed by atoms with Crippen molar-refractivity contribution in [3.63, 3.8) is 0 Å². The molecule has 2 aromatic rings. The van der Waals surface area contributed by atoms with E-state index < -0.39 is 4.92 Å². The van der Waals surface area contributed by atoms with Crippen LogP contribution in [0, 0.1) is 17.0 Å². The number of nitro benzene ring substituents is 1. The van der Waals surface area contributed by atoms with E-state index in [-0.39, 0.29) is 10.7 Å². The lowest BCUT2D eigenvalue weighted by Gasteiger charge is -2.18. The van der Waals surface area contributed by atoms with Crippen LogP contribution in [0.15, 0.2) is 34.7 Å². The van der Waals surface area contributed by atoms with Gasteiger partial charge in [-0.15, -0.1) is 0 Å². The van der Waals surface area contributed by atoms with Crippen LogP contribution in [0.3, 0.4) is 0 Å². The van der Waals surface area contributed by atoms with Crippen LogP contribution in [-0.2, 0) is 6.54 Å². The number of hydrogen-bond acceptors (Lipinski definition) is 4. The highest BCUT2D eigenvalue weighted by molar-refractivity contribution is 6.33. The van der Waals surface area contributed by atoms with E-state index in [1.54, 1.807) is 24.1 Å². The molecule has 0 aliphatic carbocycles. The van der Waals surface area contributed by atoms with Gasteiger partial charge in [-0.25, -0.2) is 0 Å². The molecule has 1 heterocycles. The SMILES string of the molecule is Cc1ccc(CN(C)c2cccc(Cl)c2[N+](=O)[O-])o1. The predicted molar refractivity (Wildman–Crippen MR) is 73.7 cm³/mol. The van der Waals surface area contributed by atoms with Gasteiger partial charge in [-0.3, -0.25) is 10.1 Å². The highest BCUT2D eigenvalue weighted by Crippen LogP contribution is 2.34. The minimum atomic E-state index is -0.471. The number of rotatable bonds is 4. The molecule has 19 heavy (non-hydrogen) atoms. The van der Waals surface area contributed by atoms with Crippen molar-refractivity contribution in [3.8, 4) is 0 Å². The summed E-state index contributed by atoms with van der Waals surface area (Å²) in [5, 5.41) is 11.2. The highest BCUT2D eigenvalue weighted by atomic mass is 35.5. The van der Waals surface area contributed by atoms with Crippen molar-refractivity contribution >= 4 is 23.0 Å². The maximum Gasteiger partial charge on any atom is 0.310 e. The molecule has 0 atom stereocenters. The minimum absolute atomic E-state index is 0.0880. The van der Waals surface area contributed by atoms with Gasteiger partial charge in [0.15, 0.2) is 0 Å². The molecule has 0 radical (unpaired) electrons. The maximum atomic E-state index is 11.1. The number of anilines is 1. The Balaban J connectivity index is 2.31. The summed E-state index contributed by atoms with van der Waals surface area (Å²) in [6.07, 6.45) is 0. The van der Waals surface area contributed by atoms with Crippen LogP contribution >= 0.6 is 11.6 Å². The fourth-order valence-corrected chi connectivity index (χ4v) is 2.12. The van der Waals surface area contributed by atoms with Crippen LogP contribution in [-0.4, -0.2) is 12.0 Å². The van der Waals surface area contributed by atoms with Crippen molar-refractivity contribution < 1.29 is 9.34 Å². The molecule has 0 unspecified atom stereocenters. The Bertz CT molecular complexity index is 610. The Morgan fingerprint density at radius 3 is 2.68 bits per heavy atom. The molecule has 0 aliphatic heterocycles. The van der Waals surface area contributed by atoms with Crippen molar-refractivity contribution in [3.05, 3.63) is 57.0 Å². The summed E-state index contributed by atoms with van der Waals surface area (Å²) >= 11 is 5.88. The Morgan fingerprint density at radius 1 is 1.37 bits per heavy atom. The van der Waals surface area contributed by atoms with Gasteiger partial charge in [0.1, 0.15) is 22.2 Å². The first-order chi connectivity index (χ1) is 8.99. The van der Waals surface area contributed by atoms with Crippen LogP contribution in [0.25, 0.3) is 0 Å². The van der Waals surface area contributed by atoms with E-state index in [9.17, 15) is 10.1 Å². The van der Waals surface area contributed by atoms with E-state index in [0.717, 1.165) is 11.5 Å². The molecule has 0 fully saturated rings. The van der Waals surface area contributed by atoms with E-state index in [0.29, 0.717) is 12.2 Å². The molecular weight excluding hydrogens is 268 g/mol. The zero-order valence-electron chi connectivity index (χ0n) is 10.6. The number of benzene rings is 1. The van der Waals surface area contributed by atoms with Gasteiger partial charge >= 0.3 is 5.69 Å². The molecular formula is C13H13ClN2O3. The van der Waals surface area contributed by atoms with E-state index in [1.165, 1.54) is 6.07 Å². The number of aryl methyl sites for hydroxylation is 1. The number of para-hydroxylation sites is 1. The summed E-state index contributed by atoms with van der Waals surface area (Å²) in [5.74, 6) is 1.55. The summed E-state index contributed by atoms with van der Waals surface area (Å²) in [4.78, 5) is 12.3. The second-order valence-corrected chi connectivity index (χ2v) is 4.64. The zero-order valence-corrected chi connectivity index (χ0v) is 11.3. The molecule has 1 aromatic carbocycles. The number of furan rings is 1. The smallest absolute Gasteiger partial charge is 0.310 e. The Morgan fingerprint density at radius 2 is 2.11 bits per heavy atom. The Hall–Kier alpha value is -2.01. The van der Waals surface area contributed by atoms with Gasteiger partial charge < -0.3 is 9.32 Å². The topological polar surface area (TPSA) is 59.5 Å². The summed E-state index contributed by atoms with van der Waals surface area (Å²) < 4.78 is 5.46. The van der Waals surface area contributed by atoms with Gasteiger partial charge in [0, 0.05) is 7.05 Å². The van der Waals surface area contributed by atoms with Crippen LogP contribution in [0.2, 0.25) is 5.02 Å². The van der Waals surface area contributed by atoms with E-state index in [1.807, 2.05) is 19.1 Å². The molecule has 0 saturated heterocycles. The third-order valence-electron chi connectivity index (χ3n) is 2.75. The van der Waals surface area contributed by atoms with E-state index >= 15 is 0 Å². The molecule has 0 N–H and O–H groups in total. The molecule has 0 saturated carbocycles. The van der Waals surface area contributed by atoms with E-state index in [4.69, 9.17) is 16.0 Å². The molecule has 2 rings (SSSR count). The van der Waals surface area contributed by atoms with Gasteiger partial charge in [-0.2, -0.15) is 0 Å². The molecule has 0 spiro atoms. The third kappa shape index (κ3) is 2.88. The van der Waals surface area contributed by atoms with Gasteiger partial charge in [0.05, 0.1) is 11.5 Å². The highest BCUT2D eigenvalue weighted by Gasteiger charge is 2.21. The average molecular weight is 281 g/mol. The molecule has 0 amide bonds. The summed E-state index contributed by atoms with van der Waals surface area (Å²) in [6.45, 7) is 2.29. The number of halogens is 1. The summed E-state index contributed by atoms with van der Waals surface area (Å²) in [5.41, 5.74) is 0.376. The van der Waals surface area contributed by atoms with E-state index in [2.05, 4.69) is 0 Å². The molecule has 1 aromatic heterocycles.